The Kier molecular flexibility index (Phi) is 8.40. The Balaban J connectivity index is 1.16. The number of nitrogens with one attached hydrogen (secondary N) is 1. The van der Waals surface area contributed by atoms with Crippen LogP contribution in [0.15, 0.2) is 11.6 Å². The molecule has 1 saturated carbocycles. The van der Waals surface area contributed by atoms with Crippen LogP contribution in [0.4, 0.5) is 0 Å². The fraction of sp³-hybridized carbons (Fsp3) is 0.750. The van der Waals surface area contributed by atoms with E-state index in [-0.39, 0.29) is 24.8 Å². The van der Waals surface area contributed by atoms with Gasteiger partial charge in [-0.15, -0.1) is 16.4 Å². The number of aliphatic hydroxyl groups is 1. The molecule has 2 unspecified atom stereocenters. The minimum absolute atomic E-state index is 0.155. The Bertz CT molecular complexity index is 1150. The number of amides is 2. The number of carbonyl (C=O) groups excluding carboxylic acids is 2. The number of thiazole rings is 1. The fourth-order valence-corrected chi connectivity index (χ4v) is 6.59. The van der Waals surface area contributed by atoms with Gasteiger partial charge in [0, 0.05) is 43.5 Å². The molecule has 5 rings (SSSR count). The summed E-state index contributed by atoms with van der Waals surface area (Å²) in [5.74, 6) is 0.477. The Hall–Kier alpha value is -2.37. The highest BCUT2D eigenvalue weighted by Gasteiger charge is 2.45. The van der Waals surface area contributed by atoms with E-state index >= 15 is 0 Å². The lowest BCUT2D eigenvalue weighted by Crippen LogP contribution is -2.51. The van der Waals surface area contributed by atoms with Gasteiger partial charge in [-0.25, -0.2) is 9.67 Å². The molecule has 39 heavy (non-hydrogen) atoms. The zero-order chi connectivity index (χ0) is 27.7. The van der Waals surface area contributed by atoms with Crippen LogP contribution in [0.5, 0.6) is 0 Å². The smallest absolute Gasteiger partial charge is 0.248 e. The van der Waals surface area contributed by atoms with Gasteiger partial charge in [0.2, 0.25) is 11.8 Å². The number of piperidine rings is 1. The number of aliphatic hydroxyl groups excluding tert-OH is 1. The number of aromatic nitrogens is 4. The number of likely N-dealkylation sites (tertiary alicyclic amines) is 2. The quantitative estimate of drug-likeness (QED) is 0.487. The lowest BCUT2D eigenvalue weighted by molar-refractivity contribution is -0.144. The summed E-state index contributed by atoms with van der Waals surface area (Å²) in [6, 6.07) is -1.28. The minimum atomic E-state index is -0.717. The van der Waals surface area contributed by atoms with E-state index in [2.05, 4.69) is 37.8 Å². The monoisotopic (exact) mass is 557 g/mol. The fourth-order valence-electron chi connectivity index (χ4n) is 5.85. The third-order valence-corrected chi connectivity index (χ3v) is 9.31. The Morgan fingerprint density at radius 3 is 2.59 bits per heavy atom. The molecule has 3 fully saturated rings. The van der Waals surface area contributed by atoms with Crippen molar-refractivity contribution in [3.8, 4) is 0 Å². The molecule has 214 valence electrons. The lowest BCUT2D eigenvalue weighted by Gasteiger charge is -2.35. The van der Waals surface area contributed by atoms with Crippen LogP contribution in [0, 0.1) is 11.3 Å². The van der Waals surface area contributed by atoms with Crippen LogP contribution in [-0.2, 0) is 22.6 Å². The highest BCUT2D eigenvalue weighted by Crippen LogP contribution is 2.40. The molecule has 2 N–H and O–H groups in total. The first kappa shape index (κ1) is 28.2. The van der Waals surface area contributed by atoms with Crippen LogP contribution in [0.25, 0.3) is 0 Å². The number of rotatable bonds is 9. The van der Waals surface area contributed by atoms with Gasteiger partial charge in [-0.05, 0) is 56.5 Å². The van der Waals surface area contributed by atoms with Crippen molar-refractivity contribution in [1.29, 1.82) is 0 Å². The van der Waals surface area contributed by atoms with E-state index < -0.39 is 23.6 Å². The largest absolute Gasteiger partial charge is 0.391 e. The van der Waals surface area contributed by atoms with Crippen molar-refractivity contribution < 1.29 is 14.7 Å². The van der Waals surface area contributed by atoms with Gasteiger partial charge < -0.3 is 15.3 Å². The van der Waals surface area contributed by atoms with E-state index in [4.69, 9.17) is 0 Å². The second-order valence-electron chi connectivity index (χ2n) is 12.6. The van der Waals surface area contributed by atoms with Crippen LogP contribution in [0.3, 0.4) is 0 Å². The van der Waals surface area contributed by atoms with E-state index in [9.17, 15) is 14.7 Å². The zero-order valence-electron chi connectivity index (χ0n) is 23.7. The van der Waals surface area contributed by atoms with Crippen LogP contribution in [0.1, 0.15) is 88.2 Å². The van der Waals surface area contributed by atoms with Crippen molar-refractivity contribution in [2.24, 2.45) is 11.3 Å². The molecule has 2 aromatic rings. The van der Waals surface area contributed by atoms with Gasteiger partial charge in [0.1, 0.15) is 12.1 Å². The van der Waals surface area contributed by atoms with E-state index in [0.29, 0.717) is 18.4 Å². The Morgan fingerprint density at radius 2 is 1.95 bits per heavy atom. The number of nitrogens with zero attached hydrogens (tertiary/aromatic N) is 6. The molecule has 4 heterocycles. The van der Waals surface area contributed by atoms with Crippen molar-refractivity contribution >= 4 is 23.2 Å². The standard InChI is InChI=1S/C28H43N7O3S/c1-5-24-30-20(17-39-24)14-33-10-8-18(9-11-33)13-29-26(37)23-12-21(36)15-34(23)27(38)25(28(2,3)4)35-16-22(31-32-35)19-6-7-19/h16-19,21,23,25,36H,5-15H2,1-4H3,(H,29,37)/t21?,23?,25-/m1/s1. The maximum absolute atomic E-state index is 13.9. The van der Waals surface area contributed by atoms with Crippen LogP contribution in [0.2, 0.25) is 0 Å². The van der Waals surface area contributed by atoms with Gasteiger partial charge in [-0.3, -0.25) is 14.5 Å². The lowest BCUT2D eigenvalue weighted by atomic mass is 9.85. The third-order valence-electron chi connectivity index (χ3n) is 8.27. The van der Waals surface area contributed by atoms with Gasteiger partial charge in [-0.1, -0.05) is 32.9 Å². The van der Waals surface area contributed by atoms with E-state index in [1.807, 2.05) is 27.0 Å². The van der Waals surface area contributed by atoms with Crippen molar-refractivity contribution in [2.75, 3.05) is 26.2 Å². The van der Waals surface area contributed by atoms with Gasteiger partial charge >= 0.3 is 0 Å². The molecule has 2 amide bonds. The SMILES string of the molecule is CCc1nc(CN2CCC(CNC(=O)C3CC(O)CN3C(=O)[C@@H](n3cc(C4CC4)nn3)C(C)(C)C)CC2)cs1. The topological polar surface area (TPSA) is 116 Å². The summed E-state index contributed by atoms with van der Waals surface area (Å²) in [6.07, 6.45) is 6.65. The summed E-state index contributed by atoms with van der Waals surface area (Å²) in [4.78, 5) is 35.9. The summed E-state index contributed by atoms with van der Waals surface area (Å²) >= 11 is 1.73. The molecule has 2 aliphatic heterocycles. The van der Waals surface area contributed by atoms with Crippen LogP contribution in [-0.4, -0.2) is 85.0 Å². The van der Waals surface area contributed by atoms with Gasteiger partial charge in [0.05, 0.1) is 22.5 Å². The van der Waals surface area contributed by atoms with Crippen molar-refractivity contribution in [2.45, 2.75) is 96.9 Å². The molecule has 2 saturated heterocycles. The Morgan fingerprint density at radius 1 is 1.21 bits per heavy atom. The highest BCUT2D eigenvalue weighted by molar-refractivity contribution is 7.09. The van der Waals surface area contributed by atoms with E-state index in [0.717, 1.165) is 63.1 Å². The number of hydrogen-bond acceptors (Lipinski definition) is 8. The van der Waals surface area contributed by atoms with Crippen molar-refractivity contribution in [3.63, 3.8) is 0 Å². The Labute approximate surface area is 235 Å². The molecule has 3 aliphatic rings. The summed E-state index contributed by atoms with van der Waals surface area (Å²) in [6.45, 7) is 11.7. The number of β-amino-alcohol motifs (C(OH)–C–C–N with tert-alkyl or cyclic N) is 1. The molecule has 1 aliphatic carbocycles. The predicted molar refractivity (Wildman–Crippen MR) is 149 cm³/mol. The minimum Gasteiger partial charge on any atom is -0.391 e. The molecule has 0 radical (unpaired) electrons. The van der Waals surface area contributed by atoms with Gasteiger partial charge in [0.15, 0.2) is 0 Å². The summed E-state index contributed by atoms with van der Waals surface area (Å²) in [5, 5.41) is 25.6. The molecule has 0 aromatic carbocycles. The first-order chi connectivity index (χ1) is 18.6. The molecular formula is C28H43N7O3S. The van der Waals surface area contributed by atoms with Gasteiger partial charge in [-0.2, -0.15) is 0 Å². The normalized spacial score (nSPS) is 23.8. The first-order valence-corrected chi connectivity index (χ1v) is 15.3. The average molecular weight is 558 g/mol. The second-order valence-corrected chi connectivity index (χ2v) is 13.6. The van der Waals surface area contributed by atoms with E-state index in [1.54, 1.807) is 20.9 Å². The third kappa shape index (κ3) is 6.69. The van der Waals surface area contributed by atoms with Gasteiger partial charge in [0.25, 0.3) is 0 Å². The maximum atomic E-state index is 13.9. The molecule has 10 nitrogen and oxygen atoms in total. The molecule has 11 heteroatoms. The predicted octanol–water partition coefficient (Wildman–Crippen LogP) is 2.75. The van der Waals surface area contributed by atoms with Crippen molar-refractivity contribution in [3.05, 3.63) is 28.0 Å². The van der Waals surface area contributed by atoms with Crippen LogP contribution >= 0.6 is 11.3 Å². The summed E-state index contributed by atoms with van der Waals surface area (Å²) in [5.41, 5.74) is 1.64. The van der Waals surface area contributed by atoms with E-state index in [1.165, 1.54) is 5.01 Å². The number of hydrogen-bond donors (Lipinski definition) is 2. The molecule has 0 bridgehead atoms. The highest BCUT2D eigenvalue weighted by atomic mass is 32.1. The first-order valence-electron chi connectivity index (χ1n) is 14.5. The zero-order valence-corrected chi connectivity index (χ0v) is 24.5. The summed E-state index contributed by atoms with van der Waals surface area (Å²) < 4.78 is 1.66. The molecule has 3 atom stereocenters. The number of aryl methyl sites for hydroxylation is 1. The molecule has 0 spiro atoms. The molecular weight excluding hydrogens is 514 g/mol. The maximum Gasteiger partial charge on any atom is 0.248 e. The summed E-state index contributed by atoms with van der Waals surface area (Å²) in [7, 11) is 0. The van der Waals surface area contributed by atoms with Crippen LogP contribution < -0.4 is 5.32 Å². The molecule has 2 aromatic heterocycles. The second kappa shape index (κ2) is 11.6. The number of carbonyl (C=O) groups is 2. The average Bonchev–Trinajstić information content (AvgIpc) is 3.27. The van der Waals surface area contributed by atoms with Crippen molar-refractivity contribution in [1.82, 2.24) is 35.1 Å².